The molecule has 2 aliphatic carbocycles. The number of fused-ring (bicyclic) bond motifs is 5. The SMILES string of the molecule is Cc1ccccc1-c1cc(-c2ccc3c(c2)c2ccccc2n3-c2ccc3c(c2)C2=C(CCCC2)C3)ccc1C. The molecule has 0 atom stereocenters. The first-order valence-electron chi connectivity index (χ1n) is 14.7. The van der Waals surface area contributed by atoms with Crippen LogP contribution in [0.15, 0.2) is 109 Å². The Bertz CT molecular complexity index is 2000. The van der Waals surface area contributed by atoms with Gasteiger partial charge in [0.2, 0.25) is 0 Å². The van der Waals surface area contributed by atoms with E-state index in [2.05, 4.69) is 122 Å². The van der Waals surface area contributed by atoms with Crippen molar-refractivity contribution in [2.75, 3.05) is 0 Å². The number of aromatic nitrogens is 1. The predicted molar refractivity (Wildman–Crippen MR) is 170 cm³/mol. The van der Waals surface area contributed by atoms with Crippen LogP contribution >= 0.6 is 0 Å². The summed E-state index contributed by atoms with van der Waals surface area (Å²) in [7, 11) is 0. The Morgan fingerprint density at radius 3 is 2.23 bits per heavy atom. The molecule has 0 bridgehead atoms. The summed E-state index contributed by atoms with van der Waals surface area (Å²) in [5, 5.41) is 2.62. The summed E-state index contributed by atoms with van der Waals surface area (Å²) < 4.78 is 2.48. The van der Waals surface area contributed by atoms with Crippen LogP contribution in [0, 0.1) is 13.8 Å². The summed E-state index contributed by atoms with van der Waals surface area (Å²) in [6, 6.07) is 38.7. The van der Waals surface area contributed by atoms with E-state index in [1.807, 2.05) is 0 Å². The van der Waals surface area contributed by atoms with E-state index in [1.54, 1.807) is 11.1 Å². The zero-order chi connectivity index (χ0) is 26.8. The molecule has 194 valence electrons. The molecule has 5 aromatic carbocycles. The molecule has 0 amide bonds. The highest BCUT2D eigenvalue weighted by Gasteiger charge is 2.24. The lowest BCUT2D eigenvalue weighted by molar-refractivity contribution is 0.711. The van der Waals surface area contributed by atoms with Crippen LogP contribution in [0.3, 0.4) is 0 Å². The van der Waals surface area contributed by atoms with Gasteiger partial charge in [0.1, 0.15) is 0 Å². The summed E-state index contributed by atoms with van der Waals surface area (Å²) in [4.78, 5) is 0. The van der Waals surface area contributed by atoms with Crippen molar-refractivity contribution in [1.82, 2.24) is 4.57 Å². The summed E-state index contributed by atoms with van der Waals surface area (Å²) in [6.45, 7) is 4.41. The Hall–Kier alpha value is -4.36. The fraction of sp³-hybridized carbons (Fsp3) is 0.179. The van der Waals surface area contributed by atoms with Gasteiger partial charge in [-0.25, -0.2) is 0 Å². The van der Waals surface area contributed by atoms with Crippen molar-refractivity contribution in [3.63, 3.8) is 0 Å². The first-order chi connectivity index (χ1) is 19.7. The van der Waals surface area contributed by atoms with E-state index < -0.39 is 0 Å². The molecule has 0 fully saturated rings. The second-order valence-electron chi connectivity index (χ2n) is 11.7. The molecule has 0 radical (unpaired) electrons. The molecular weight excluding hydrogens is 482 g/mol. The first kappa shape index (κ1) is 23.5. The number of para-hydroxylation sites is 1. The molecule has 0 spiro atoms. The molecular formula is C39H33N. The minimum absolute atomic E-state index is 1.16. The van der Waals surface area contributed by atoms with Gasteiger partial charge in [-0.2, -0.15) is 0 Å². The highest BCUT2D eigenvalue weighted by Crippen LogP contribution is 2.43. The number of nitrogens with zero attached hydrogens (tertiary/aromatic N) is 1. The zero-order valence-electron chi connectivity index (χ0n) is 23.3. The first-order valence-corrected chi connectivity index (χ1v) is 14.7. The number of rotatable bonds is 3. The van der Waals surface area contributed by atoms with Gasteiger partial charge in [-0.1, -0.05) is 72.3 Å². The molecule has 0 saturated carbocycles. The number of hydrogen-bond donors (Lipinski definition) is 0. The van der Waals surface area contributed by atoms with Crippen molar-refractivity contribution < 1.29 is 0 Å². The van der Waals surface area contributed by atoms with Gasteiger partial charge < -0.3 is 4.57 Å². The van der Waals surface area contributed by atoms with Crippen molar-refractivity contribution in [3.8, 4) is 27.9 Å². The Labute approximate surface area is 236 Å². The van der Waals surface area contributed by atoms with Gasteiger partial charge in [0.05, 0.1) is 11.0 Å². The topological polar surface area (TPSA) is 4.93 Å². The molecule has 6 aromatic rings. The van der Waals surface area contributed by atoms with Crippen molar-refractivity contribution in [1.29, 1.82) is 0 Å². The molecule has 1 aromatic heterocycles. The minimum atomic E-state index is 1.16. The number of allylic oxidation sites excluding steroid dienone is 2. The molecule has 1 nitrogen and oxygen atoms in total. The maximum Gasteiger partial charge on any atom is 0.0541 e. The van der Waals surface area contributed by atoms with E-state index in [4.69, 9.17) is 0 Å². The lowest BCUT2D eigenvalue weighted by atomic mass is 9.92. The van der Waals surface area contributed by atoms with E-state index in [-0.39, 0.29) is 0 Å². The number of benzene rings is 5. The fourth-order valence-corrected chi connectivity index (χ4v) is 7.25. The lowest BCUT2D eigenvalue weighted by Crippen LogP contribution is -1.97. The molecule has 0 unspecified atom stereocenters. The molecule has 2 aliphatic rings. The van der Waals surface area contributed by atoms with E-state index in [0.717, 1.165) is 6.42 Å². The molecule has 1 heteroatoms. The van der Waals surface area contributed by atoms with Crippen LogP contribution in [-0.2, 0) is 6.42 Å². The number of hydrogen-bond acceptors (Lipinski definition) is 0. The van der Waals surface area contributed by atoms with Gasteiger partial charge in [0, 0.05) is 16.5 Å². The van der Waals surface area contributed by atoms with Crippen LogP contribution in [0.1, 0.15) is 47.9 Å². The van der Waals surface area contributed by atoms with Crippen LogP contribution in [0.4, 0.5) is 0 Å². The van der Waals surface area contributed by atoms with Gasteiger partial charge in [-0.05, 0) is 132 Å². The fourth-order valence-electron chi connectivity index (χ4n) is 7.25. The molecule has 1 heterocycles. The van der Waals surface area contributed by atoms with Gasteiger partial charge >= 0.3 is 0 Å². The predicted octanol–water partition coefficient (Wildman–Crippen LogP) is 10.6. The van der Waals surface area contributed by atoms with Crippen LogP contribution in [0.25, 0.3) is 55.3 Å². The second-order valence-corrected chi connectivity index (χ2v) is 11.7. The Balaban J connectivity index is 1.29. The highest BCUT2D eigenvalue weighted by molar-refractivity contribution is 6.10. The number of aryl methyl sites for hydroxylation is 2. The van der Waals surface area contributed by atoms with Crippen LogP contribution in [0.2, 0.25) is 0 Å². The van der Waals surface area contributed by atoms with E-state index >= 15 is 0 Å². The Morgan fingerprint density at radius 1 is 0.550 bits per heavy atom. The monoisotopic (exact) mass is 515 g/mol. The molecule has 40 heavy (non-hydrogen) atoms. The Morgan fingerprint density at radius 2 is 1.30 bits per heavy atom. The van der Waals surface area contributed by atoms with Crippen molar-refractivity contribution in [2.24, 2.45) is 0 Å². The molecule has 0 N–H and O–H groups in total. The summed E-state index contributed by atoms with van der Waals surface area (Å²) in [5.74, 6) is 0. The summed E-state index contributed by atoms with van der Waals surface area (Å²) in [6.07, 6.45) is 6.35. The third-order valence-electron chi connectivity index (χ3n) is 9.34. The van der Waals surface area contributed by atoms with Crippen molar-refractivity contribution >= 4 is 27.4 Å². The Kier molecular flexibility index (Phi) is 5.35. The summed E-state index contributed by atoms with van der Waals surface area (Å²) >= 11 is 0. The van der Waals surface area contributed by atoms with Gasteiger partial charge in [-0.15, -0.1) is 0 Å². The van der Waals surface area contributed by atoms with Crippen molar-refractivity contribution in [2.45, 2.75) is 46.0 Å². The van der Waals surface area contributed by atoms with Gasteiger partial charge in [0.15, 0.2) is 0 Å². The van der Waals surface area contributed by atoms with Gasteiger partial charge in [-0.3, -0.25) is 0 Å². The average molecular weight is 516 g/mol. The second kappa shape index (κ2) is 9.10. The minimum Gasteiger partial charge on any atom is -0.309 e. The quantitative estimate of drug-likeness (QED) is 0.221. The molecule has 0 aliphatic heterocycles. The largest absolute Gasteiger partial charge is 0.309 e. The maximum absolute atomic E-state index is 2.48. The van der Waals surface area contributed by atoms with E-state index in [9.17, 15) is 0 Å². The average Bonchev–Trinajstić information content (AvgIpc) is 3.53. The summed E-state index contributed by atoms with van der Waals surface area (Å²) in [5.41, 5.74) is 17.9. The third kappa shape index (κ3) is 3.61. The lowest BCUT2D eigenvalue weighted by Gasteiger charge is -2.15. The van der Waals surface area contributed by atoms with E-state index in [0.29, 0.717) is 0 Å². The van der Waals surface area contributed by atoms with Crippen molar-refractivity contribution in [3.05, 3.63) is 131 Å². The van der Waals surface area contributed by atoms with Crippen LogP contribution in [0.5, 0.6) is 0 Å². The normalized spacial score (nSPS) is 14.7. The van der Waals surface area contributed by atoms with E-state index in [1.165, 1.54) is 97.7 Å². The maximum atomic E-state index is 2.48. The van der Waals surface area contributed by atoms with Gasteiger partial charge in [0.25, 0.3) is 0 Å². The molecule has 8 rings (SSSR count). The standard InChI is InChI=1S/C39H33N/c1-25-9-3-5-11-32(25)35-22-27(16-15-26(35)2)28-18-20-39-37(23-28)34-13-7-8-14-38(34)40(39)31-19-17-30-21-29-10-4-6-12-33(29)36(30)24-31/h3,5,7-9,11,13-20,22-24H,4,6,10,12,21H2,1-2H3. The zero-order valence-corrected chi connectivity index (χ0v) is 23.3. The third-order valence-corrected chi connectivity index (χ3v) is 9.34. The smallest absolute Gasteiger partial charge is 0.0541 e. The van der Waals surface area contributed by atoms with Crippen LogP contribution < -0.4 is 0 Å². The molecule has 0 saturated heterocycles. The highest BCUT2D eigenvalue weighted by atomic mass is 15.0. The van der Waals surface area contributed by atoms with Crippen LogP contribution in [-0.4, -0.2) is 4.57 Å².